The molecule has 1 spiro atoms. The van der Waals surface area contributed by atoms with Gasteiger partial charge in [0.05, 0.1) is 18.6 Å². The van der Waals surface area contributed by atoms with Crippen LogP contribution < -0.4 is 10.6 Å². The number of alkyl carbamates (subject to hydrolysis) is 1. The average Bonchev–Trinajstić information content (AvgIpc) is 3.71. The summed E-state index contributed by atoms with van der Waals surface area (Å²) in [5.74, 6) is -0.361. The molecule has 0 radical (unpaired) electrons. The summed E-state index contributed by atoms with van der Waals surface area (Å²) < 4.78 is 24.2. The predicted molar refractivity (Wildman–Crippen MR) is 147 cm³/mol. The average molecular weight is 538 g/mol. The quantitative estimate of drug-likeness (QED) is 0.290. The number of nitrogens with zero attached hydrogens (tertiary/aromatic N) is 1. The summed E-state index contributed by atoms with van der Waals surface area (Å²) in [5, 5.41) is 5.84. The lowest BCUT2D eigenvalue weighted by Crippen LogP contribution is -2.57. The molecule has 2 N–H and O–H groups in total. The Morgan fingerprint density at radius 2 is 1.89 bits per heavy atom. The van der Waals surface area contributed by atoms with E-state index < -0.39 is 23.8 Å². The molecule has 7 atom stereocenters. The highest BCUT2D eigenvalue weighted by molar-refractivity contribution is 5.85. The maximum atomic E-state index is 13.1. The zero-order chi connectivity index (χ0) is 28.5. The first-order chi connectivity index (χ1) is 17.6. The Balaban J connectivity index is 1.64. The molecular weight excluding hydrogens is 486 g/mol. The molecule has 1 unspecified atom stereocenters. The minimum absolute atomic E-state index is 0.0507. The van der Waals surface area contributed by atoms with Gasteiger partial charge in [0.2, 0.25) is 5.91 Å². The van der Waals surface area contributed by atoms with Gasteiger partial charge in [0.25, 0.3) is 0 Å². The Morgan fingerprint density at radius 3 is 2.42 bits per heavy atom. The van der Waals surface area contributed by atoms with E-state index >= 15 is 0 Å². The van der Waals surface area contributed by atoms with Crippen molar-refractivity contribution in [3.05, 3.63) is 11.6 Å². The highest BCUT2D eigenvalue weighted by Gasteiger charge is 2.72. The fourth-order valence-corrected chi connectivity index (χ4v) is 6.25. The van der Waals surface area contributed by atoms with Gasteiger partial charge < -0.3 is 34.5 Å². The van der Waals surface area contributed by atoms with Crippen LogP contribution in [0.25, 0.3) is 0 Å². The largest absolute Gasteiger partial charge is 0.443 e. The zero-order valence-electron chi connectivity index (χ0n) is 25.2. The van der Waals surface area contributed by atoms with E-state index in [1.54, 1.807) is 7.11 Å². The minimum Gasteiger partial charge on any atom is -0.443 e. The smallest absolute Gasteiger partial charge is 0.408 e. The highest BCUT2D eigenvalue weighted by Crippen LogP contribution is 2.59. The van der Waals surface area contributed by atoms with Gasteiger partial charge in [-0.3, -0.25) is 4.79 Å². The van der Waals surface area contributed by atoms with Gasteiger partial charge in [0, 0.05) is 20.2 Å². The standard InChI is InChI=1S/C29H51N3O6/c1-18(2)11-12-21-28(7,38-21)24-23(35-10)20(13-14-29(24)17-36-29)37-26(34)31-22(19(3)4)25(33)30-15-27(5,6)16-32(8)9/h11,19-24H,12-17H2,1-10H3,(H,30,33)(H,31,34)/t20-,21-,22-,23-,24-,28?,29+/m1/s1. The Morgan fingerprint density at radius 1 is 1.24 bits per heavy atom. The van der Waals surface area contributed by atoms with Gasteiger partial charge >= 0.3 is 6.09 Å². The number of hydrogen-bond donors (Lipinski definition) is 2. The number of epoxide rings is 2. The SMILES string of the molecule is CO[C@H]1[C@H](C2(C)O[C@@H]2CC=C(C)C)[C@]2(CC[C@H]1OC(=O)N[C@@H](C(=O)NCC(C)(C)CN(C)C)C(C)C)CO2. The number of methoxy groups -OCH3 is 1. The molecule has 218 valence electrons. The second-order valence-electron chi connectivity index (χ2n) is 13.3. The van der Waals surface area contributed by atoms with E-state index in [0.29, 0.717) is 19.6 Å². The zero-order valence-corrected chi connectivity index (χ0v) is 25.2. The Kier molecular flexibility index (Phi) is 9.60. The molecule has 2 aliphatic heterocycles. The van der Waals surface area contributed by atoms with Crippen molar-refractivity contribution in [3.8, 4) is 0 Å². The van der Waals surface area contributed by atoms with Crippen LogP contribution in [0.15, 0.2) is 11.6 Å². The first-order valence-electron chi connectivity index (χ1n) is 14.0. The van der Waals surface area contributed by atoms with Gasteiger partial charge in [-0.2, -0.15) is 0 Å². The van der Waals surface area contributed by atoms with Gasteiger partial charge in [-0.05, 0) is 65.5 Å². The third-order valence-electron chi connectivity index (χ3n) is 8.20. The summed E-state index contributed by atoms with van der Waals surface area (Å²) in [7, 11) is 5.68. The van der Waals surface area contributed by atoms with Crippen LogP contribution in [0.3, 0.4) is 0 Å². The van der Waals surface area contributed by atoms with Crippen molar-refractivity contribution in [1.29, 1.82) is 0 Å². The van der Waals surface area contributed by atoms with E-state index in [1.165, 1.54) is 5.57 Å². The van der Waals surface area contributed by atoms with E-state index in [0.717, 1.165) is 19.4 Å². The molecule has 1 aliphatic carbocycles. The second-order valence-corrected chi connectivity index (χ2v) is 13.3. The lowest BCUT2D eigenvalue weighted by molar-refractivity contribution is -0.126. The molecule has 0 aromatic rings. The fraction of sp³-hybridized carbons (Fsp3) is 0.862. The van der Waals surface area contributed by atoms with Crippen LogP contribution in [0.5, 0.6) is 0 Å². The number of rotatable bonds is 12. The van der Waals surface area contributed by atoms with Gasteiger partial charge in [-0.15, -0.1) is 0 Å². The van der Waals surface area contributed by atoms with Crippen LogP contribution in [-0.4, -0.2) is 93.4 Å². The number of amides is 2. The van der Waals surface area contributed by atoms with E-state index in [-0.39, 0.29) is 41.0 Å². The molecule has 9 nitrogen and oxygen atoms in total. The summed E-state index contributed by atoms with van der Waals surface area (Å²) in [6.45, 7) is 16.3. The Labute approximate surface area is 229 Å². The monoisotopic (exact) mass is 537 g/mol. The van der Waals surface area contributed by atoms with Crippen LogP contribution in [0.1, 0.15) is 67.7 Å². The summed E-state index contributed by atoms with van der Waals surface area (Å²) in [4.78, 5) is 28.2. The molecule has 2 heterocycles. The van der Waals surface area contributed by atoms with Crippen LogP contribution in [0, 0.1) is 17.3 Å². The molecule has 3 rings (SSSR count). The number of nitrogens with one attached hydrogen (secondary N) is 2. The third kappa shape index (κ3) is 7.29. The van der Waals surface area contributed by atoms with Gasteiger partial charge in [-0.1, -0.05) is 39.3 Å². The molecule has 0 aromatic heterocycles. The van der Waals surface area contributed by atoms with Crippen LogP contribution in [0.2, 0.25) is 0 Å². The Bertz CT molecular complexity index is 880. The lowest BCUT2D eigenvalue weighted by Gasteiger charge is -2.42. The first-order valence-corrected chi connectivity index (χ1v) is 14.0. The second kappa shape index (κ2) is 11.8. The third-order valence-corrected chi connectivity index (χ3v) is 8.20. The van der Waals surface area contributed by atoms with Crippen LogP contribution in [-0.2, 0) is 23.7 Å². The van der Waals surface area contributed by atoms with E-state index in [2.05, 4.69) is 56.2 Å². The summed E-state index contributed by atoms with van der Waals surface area (Å²) >= 11 is 0. The molecule has 3 fully saturated rings. The fourth-order valence-electron chi connectivity index (χ4n) is 6.25. The normalized spacial score (nSPS) is 33.2. The molecule has 0 aromatic carbocycles. The van der Waals surface area contributed by atoms with Gasteiger partial charge in [-0.25, -0.2) is 4.79 Å². The Hall–Kier alpha value is -1.68. The van der Waals surface area contributed by atoms with Crippen molar-refractivity contribution in [2.24, 2.45) is 17.3 Å². The van der Waals surface area contributed by atoms with Crippen LogP contribution >= 0.6 is 0 Å². The molecule has 38 heavy (non-hydrogen) atoms. The molecule has 3 aliphatic rings. The van der Waals surface area contributed by atoms with Gasteiger partial charge in [0.15, 0.2) is 0 Å². The minimum atomic E-state index is -0.700. The number of hydrogen-bond acceptors (Lipinski definition) is 7. The number of carbonyl (C=O) groups excluding carboxylic acids is 2. The molecule has 0 bridgehead atoms. The molecule has 2 amide bonds. The van der Waals surface area contributed by atoms with Crippen molar-refractivity contribution in [2.75, 3.05) is 40.9 Å². The maximum absolute atomic E-state index is 13.1. The molecular formula is C29H51N3O6. The molecule has 2 saturated heterocycles. The van der Waals surface area contributed by atoms with Crippen molar-refractivity contribution < 1.29 is 28.5 Å². The predicted octanol–water partition coefficient (Wildman–Crippen LogP) is 3.52. The summed E-state index contributed by atoms with van der Waals surface area (Å²) in [6, 6.07) is -0.700. The van der Waals surface area contributed by atoms with Crippen LogP contribution in [0.4, 0.5) is 4.79 Å². The number of ether oxygens (including phenoxy) is 4. The van der Waals surface area contributed by atoms with Crippen molar-refractivity contribution in [3.63, 3.8) is 0 Å². The molecule has 9 heteroatoms. The van der Waals surface area contributed by atoms with Crippen molar-refractivity contribution in [1.82, 2.24) is 15.5 Å². The van der Waals surface area contributed by atoms with Gasteiger partial charge in [0.1, 0.15) is 29.5 Å². The molecule has 1 saturated carbocycles. The summed E-state index contributed by atoms with van der Waals surface area (Å²) in [6.07, 6.45) is 3.10. The van der Waals surface area contributed by atoms with Crippen molar-refractivity contribution in [2.45, 2.75) is 103 Å². The van der Waals surface area contributed by atoms with E-state index in [1.807, 2.05) is 27.9 Å². The number of carbonyl (C=O) groups is 2. The van der Waals surface area contributed by atoms with E-state index in [4.69, 9.17) is 18.9 Å². The highest BCUT2D eigenvalue weighted by atomic mass is 16.6. The maximum Gasteiger partial charge on any atom is 0.408 e. The lowest BCUT2D eigenvalue weighted by atomic mass is 9.68. The topological polar surface area (TPSA) is 105 Å². The number of allylic oxidation sites excluding steroid dienone is 1. The van der Waals surface area contributed by atoms with E-state index in [9.17, 15) is 9.59 Å². The summed E-state index contributed by atoms with van der Waals surface area (Å²) in [5.41, 5.74) is 0.469. The first kappa shape index (κ1) is 30.9. The van der Waals surface area contributed by atoms with Crippen molar-refractivity contribution >= 4 is 12.0 Å².